The van der Waals surface area contributed by atoms with Gasteiger partial charge < -0.3 is 10.5 Å². The van der Waals surface area contributed by atoms with Crippen LogP contribution in [0.1, 0.15) is 23.7 Å². The molecule has 5 nitrogen and oxygen atoms in total. The molecule has 0 aliphatic rings. The van der Waals surface area contributed by atoms with Crippen molar-refractivity contribution in [2.45, 2.75) is 13.3 Å². The van der Waals surface area contributed by atoms with Crippen LogP contribution in [-0.4, -0.2) is 18.6 Å². The maximum Gasteiger partial charge on any atom is 0.411 e. The highest BCUT2D eigenvalue weighted by Crippen LogP contribution is 2.09. The fraction of sp³-hybridized carbons (Fsp3) is 0.273. The van der Waals surface area contributed by atoms with Crippen LogP contribution >= 0.6 is 0 Å². The summed E-state index contributed by atoms with van der Waals surface area (Å²) in [6, 6.07) is 6.26. The topological polar surface area (TPSA) is 81.4 Å². The van der Waals surface area contributed by atoms with Gasteiger partial charge in [0.2, 0.25) is 5.91 Å². The summed E-state index contributed by atoms with van der Waals surface area (Å²) >= 11 is 0. The van der Waals surface area contributed by atoms with E-state index >= 15 is 0 Å². The van der Waals surface area contributed by atoms with E-state index in [1.807, 2.05) is 6.92 Å². The van der Waals surface area contributed by atoms with Crippen LogP contribution in [-0.2, 0) is 4.74 Å². The van der Waals surface area contributed by atoms with Gasteiger partial charge in [-0.15, -0.1) is 0 Å². The van der Waals surface area contributed by atoms with Crippen LogP contribution in [0.5, 0.6) is 0 Å². The largest absolute Gasteiger partial charge is 0.449 e. The van der Waals surface area contributed by atoms with Gasteiger partial charge in [-0.05, 0) is 30.7 Å². The number of nitrogens with two attached hydrogens (primary N) is 1. The Labute approximate surface area is 93.6 Å². The number of carbonyl (C=O) groups is 2. The average molecular weight is 222 g/mol. The summed E-state index contributed by atoms with van der Waals surface area (Å²) in [7, 11) is 0. The highest BCUT2D eigenvalue weighted by molar-refractivity contribution is 5.93. The molecule has 0 aliphatic carbocycles. The monoisotopic (exact) mass is 222 g/mol. The zero-order chi connectivity index (χ0) is 12.0. The van der Waals surface area contributed by atoms with Crippen molar-refractivity contribution in [3.05, 3.63) is 29.8 Å². The molecule has 1 aromatic carbocycles. The maximum atomic E-state index is 11.2. The Morgan fingerprint density at radius 3 is 2.44 bits per heavy atom. The molecule has 3 N–H and O–H groups in total. The fourth-order valence-corrected chi connectivity index (χ4v) is 1.07. The highest BCUT2D eigenvalue weighted by atomic mass is 16.5. The van der Waals surface area contributed by atoms with E-state index in [-0.39, 0.29) is 0 Å². The molecule has 5 heteroatoms. The summed E-state index contributed by atoms with van der Waals surface area (Å²) in [5.41, 5.74) is 6.04. The number of hydrogen-bond acceptors (Lipinski definition) is 3. The Bertz CT molecular complexity index is 373. The lowest BCUT2D eigenvalue weighted by Gasteiger charge is -2.05. The van der Waals surface area contributed by atoms with Gasteiger partial charge in [0.25, 0.3) is 0 Å². The first kappa shape index (κ1) is 12.0. The van der Waals surface area contributed by atoms with E-state index in [4.69, 9.17) is 10.5 Å². The second kappa shape index (κ2) is 5.75. The Balaban J connectivity index is 2.55. The molecule has 0 spiro atoms. The lowest BCUT2D eigenvalue weighted by Crippen LogP contribution is -2.14. The molecular weight excluding hydrogens is 208 g/mol. The van der Waals surface area contributed by atoms with E-state index < -0.39 is 12.0 Å². The maximum absolute atomic E-state index is 11.2. The molecule has 1 aromatic rings. The predicted octanol–water partition coefficient (Wildman–Crippen LogP) is 1.74. The van der Waals surface area contributed by atoms with Gasteiger partial charge in [-0.3, -0.25) is 10.1 Å². The van der Waals surface area contributed by atoms with E-state index in [0.717, 1.165) is 6.42 Å². The van der Waals surface area contributed by atoms with E-state index in [0.29, 0.717) is 17.9 Å². The number of ether oxygens (including phenoxy) is 1. The third-order valence-electron chi connectivity index (χ3n) is 1.85. The quantitative estimate of drug-likeness (QED) is 0.814. The second-order valence-corrected chi connectivity index (χ2v) is 3.20. The molecule has 0 aliphatic heterocycles. The minimum absolute atomic E-state index is 0.380. The summed E-state index contributed by atoms with van der Waals surface area (Å²) < 4.78 is 4.83. The van der Waals surface area contributed by atoms with Crippen LogP contribution in [0.25, 0.3) is 0 Å². The fourth-order valence-electron chi connectivity index (χ4n) is 1.07. The number of carbonyl (C=O) groups excluding carboxylic acids is 2. The molecule has 2 amide bonds. The molecular formula is C11H14N2O3. The van der Waals surface area contributed by atoms with Gasteiger partial charge in [0.1, 0.15) is 0 Å². The SMILES string of the molecule is CCCOC(=O)Nc1ccc(C(N)=O)cc1. The number of hydrogen-bond donors (Lipinski definition) is 2. The van der Waals surface area contributed by atoms with Crippen molar-refractivity contribution in [2.24, 2.45) is 5.73 Å². The standard InChI is InChI=1S/C11H14N2O3/c1-2-7-16-11(15)13-9-5-3-8(4-6-9)10(12)14/h3-6H,2,7H2,1H3,(H2,12,14)(H,13,15). The number of primary amides is 1. The van der Waals surface area contributed by atoms with Crippen molar-refractivity contribution in [2.75, 3.05) is 11.9 Å². The predicted molar refractivity (Wildman–Crippen MR) is 60.2 cm³/mol. The summed E-state index contributed by atoms with van der Waals surface area (Å²) in [6.07, 6.45) is 0.266. The number of anilines is 1. The molecule has 1 rings (SSSR count). The molecule has 86 valence electrons. The van der Waals surface area contributed by atoms with Gasteiger partial charge in [-0.2, -0.15) is 0 Å². The van der Waals surface area contributed by atoms with Crippen molar-refractivity contribution in [3.8, 4) is 0 Å². The molecule has 0 atom stereocenters. The number of rotatable bonds is 4. The third kappa shape index (κ3) is 3.61. The molecule has 0 aromatic heterocycles. The van der Waals surface area contributed by atoms with Crippen LogP contribution in [0.15, 0.2) is 24.3 Å². The number of nitrogens with one attached hydrogen (secondary N) is 1. The number of amides is 2. The highest BCUT2D eigenvalue weighted by Gasteiger charge is 2.03. The minimum Gasteiger partial charge on any atom is -0.449 e. The molecule has 0 unspecified atom stereocenters. The van der Waals surface area contributed by atoms with Crippen molar-refractivity contribution < 1.29 is 14.3 Å². The Hall–Kier alpha value is -2.04. The molecule has 0 bridgehead atoms. The Morgan fingerprint density at radius 1 is 1.31 bits per heavy atom. The smallest absolute Gasteiger partial charge is 0.411 e. The van der Waals surface area contributed by atoms with Crippen LogP contribution in [0.3, 0.4) is 0 Å². The first-order valence-electron chi connectivity index (χ1n) is 4.97. The van der Waals surface area contributed by atoms with Gasteiger partial charge in [0.05, 0.1) is 6.61 Å². The van der Waals surface area contributed by atoms with E-state index in [2.05, 4.69) is 5.32 Å². The third-order valence-corrected chi connectivity index (χ3v) is 1.85. The zero-order valence-corrected chi connectivity index (χ0v) is 9.03. The minimum atomic E-state index is -0.506. The molecule has 0 heterocycles. The average Bonchev–Trinajstić information content (AvgIpc) is 2.27. The van der Waals surface area contributed by atoms with Gasteiger partial charge in [0.15, 0.2) is 0 Å². The van der Waals surface area contributed by atoms with Gasteiger partial charge in [-0.25, -0.2) is 4.79 Å². The molecule has 0 saturated heterocycles. The van der Waals surface area contributed by atoms with Crippen molar-refractivity contribution in [1.82, 2.24) is 0 Å². The van der Waals surface area contributed by atoms with E-state index in [9.17, 15) is 9.59 Å². The number of benzene rings is 1. The van der Waals surface area contributed by atoms with Crippen LogP contribution in [0.4, 0.5) is 10.5 Å². The summed E-state index contributed by atoms with van der Waals surface area (Å²) in [5.74, 6) is -0.500. The lowest BCUT2D eigenvalue weighted by atomic mass is 10.2. The van der Waals surface area contributed by atoms with E-state index in [1.54, 1.807) is 12.1 Å². The van der Waals surface area contributed by atoms with Crippen molar-refractivity contribution >= 4 is 17.7 Å². The Morgan fingerprint density at radius 2 is 1.94 bits per heavy atom. The first-order chi connectivity index (χ1) is 7.63. The summed E-state index contributed by atoms with van der Waals surface area (Å²) in [5, 5.41) is 2.53. The van der Waals surface area contributed by atoms with E-state index in [1.165, 1.54) is 12.1 Å². The van der Waals surface area contributed by atoms with Gasteiger partial charge in [0, 0.05) is 11.3 Å². The lowest BCUT2D eigenvalue weighted by molar-refractivity contribution is 0.100. The summed E-state index contributed by atoms with van der Waals surface area (Å²) in [6.45, 7) is 2.29. The van der Waals surface area contributed by atoms with Crippen LogP contribution < -0.4 is 11.1 Å². The normalized spacial score (nSPS) is 9.56. The van der Waals surface area contributed by atoms with Crippen LogP contribution in [0.2, 0.25) is 0 Å². The van der Waals surface area contributed by atoms with Gasteiger partial charge in [-0.1, -0.05) is 6.92 Å². The summed E-state index contributed by atoms with van der Waals surface area (Å²) in [4.78, 5) is 22.0. The second-order valence-electron chi connectivity index (χ2n) is 3.20. The van der Waals surface area contributed by atoms with Crippen molar-refractivity contribution in [1.29, 1.82) is 0 Å². The van der Waals surface area contributed by atoms with Crippen molar-refractivity contribution in [3.63, 3.8) is 0 Å². The van der Waals surface area contributed by atoms with Gasteiger partial charge >= 0.3 is 6.09 Å². The zero-order valence-electron chi connectivity index (χ0n) is 9.03. The molecule has 16 heavy (non-hydrogen) atoms. The Kier molecular flexibility index (Phi) is 4.32. The molecule has 0 radical (unpaired) electrons. The molecule has 0 fully saturated rings. The van der Waals surface area contributed by atoms with Crippen LogP contribution in [0, 0.1) is 0 Å². The first-order valence-corrected chi connectivity index (χ1v) is 4.97. The molecule has 0 saturated carbocycles.